The van der Waals surface area contributed by atoms with E-state index in [0.717, 1.165) is 4.46 Å². The predicted molar refractivity (Wildman–Crippen MR) is 99.3 cm³/mol. The van der Waals surface area contributed by atoms with E-state index in [1.165, 1.54) is 12.1 Å². The summed E-state index contributed by atoms with van der Waals surface area (Å²) in [5, 5.41) is 0.571. The Kier molecular flexibility index (Phi) is 4.22. The number of para-hydroxylation sites is 1. The first-order chi connectivity index (χ1) is 12.2. The van der Waals surface area contributed by atoms with Gasteiger partial charge in [0.05, 0.1) is 0 Å². The Morgan fingerprint density at radius 1 is 0.800 bits per heavy atom. The van der Waals surface area contributed by atoms with Gasteiger partial charge in [-0.1, -0.05) is 0 Å². The van der Waals surface area contributed by atoms with Crippen LogP contribution in [-0.4, -0.2) is 15.0 Å². The number of hydrogen-bond donors (Lipinski definition) is 0. The summed E-state index contributed by atoms with van der Waals surface area (Å²) < 4.78 is 21.1. The van der Waals surface area contributed by atoms with Crippen LogP contribution in [0.4, 0.5) is 4.39 Å². The molecule has 0 fully saturated rings. The van der Waals surface area contributed by atoms with Crippen LogP contribution in [0.25, 0.3) is 22.3 Å². The summed E-state index contributed by atoms with van der Waals surface area (Å²) in [5.41, 5.74) is 1.22. The molecule has 4 aromatic rings. The van der Waals surface area contributed by atoms with Crippen molar-refractivity contribution in [1.82, 2.24) is 0 Å². The molecule has 0 aliphatic heterocycles. The summed E-state index contributed by atoms with van der Waals surface area (Å²) in [4.78, 5) is 13.1. The standard InChI is InChI=1S/C21H13FO2Se/c22-15-12-10-14(11-13-15)20-21(25-16-6-2-1-3-7-16)19(23)17-8-4-5-9-18(17)24-20/h1-13H. The van der Waals surface area contributed by atoms with Crippen molar-refractivity contribution in [3.63, 3.8) is 0 Å². The van der Waals surface area contributed by atoms with E-state index in [-0.39, 0.29) is 26.2 Å². The Hall–Kier alpha value is -2.68. The SMILES string of the molecule is O=c1c([Se]c2ccccc2)c(-c2ccc(F)cc2)oc2ccccc12. The zero-order valence-corrected chi connectivity index (χ0v) is 14.8. The molecule has 0 spiro atoms. The molecule has 0 saturated heterocycles. The van der Waals surface area contributed by atoms with Gasteiger partial charge in [-0.2, -0.15) is 0 Å². The Labute approximate surface area is 150 Å². The van der Waals surface area contributed by atoms with Crippen molar-refractivity contribution in [2.24, 2.45) is 0 Å². The van der Waals surface area contributed by atoms with Crippen molar-refractivity contribution in [3.8, 4) is 11.3 Å². The Morgan fingerprint density at radius 2 is 1.48 bits per heavy atom. The second-order valence-corrected chi connectivity index (χ2v) is 7.78. The van der Waals surface area contributed by atoms with Gasteiger partial charge in [0, 0.05) is 0 Å². The van der Waals surface area contributed by atoms with E-state index in [2.05, 4.69) is 0 Å². The van der Waals surface area contributed by atoms with Crippen LogP contribution in [0, 0.1) is 5.82 Å². The van der Waals surface area contributed by atoms with Crippen LogP contribution in [0.5, 0.6) is 0 Å². The molecule has 0 amide bonds. The number of benzene rings is 3. The van der Waals surface area contributed by atoms with Crippen LogP contribution in [0.2, 0.25) is 0 Å². The number of hydrogen-bond acceptors (Lipinski definition) is 2. The molecule has 1 aromatic heterocycles. The first kappa shape index (κ1) is 15.8. The molecule has 0 atom stereocenters. The number of halogens is 1. The van der Waals surface area contributed by atoms with Crippen LogP contribution in [0.15, 0.2) is 88.1 Å². The summed E-state index contributed by atoms with van der Waals surface area (Å²) >= 11 is -0.213. The fraction of sp³-hybridized carbons (Fsp3) is 0. The molecular weight excluding hydrogens is 382 g/mol. The summed E-state index contributed by atoms with van der Waals surface area (Å²) in [6, 6.07) is 23.1. The molecule has 0 bridgehead atoms. The Bertz CT molecular complexity index is 1090. The average molecular weight is 395 g/mol. The van der Waals surface area contributed by atoms with Gasteiger partial charge in [-0.15, -0.1) is 0 Å². The van der Waals surface area contributed by atoms with Gasteiger partial charge in [0.1, 0.15) is 0 Å². The van der Waals surface area contributed by atoms with Crippen LogP contribution >= 0.6 is 0 Å². The Balaban J connectivity index is 1.97. The molecule has 1 heterocycles. The zero-order chi connectivity index (χ0) is 17.2. The monoisotopic (exact) mass is 396 g/mol. The van der Waals surface area contributed by atoms with Crippen molar-refractivity contribution < 1.29 is 8.81 Å². The van der Waals surface area contributed by atoms with E-state index in [4.69, 9.17) is 4.42 Å². The van der Waals surface area contributed by atoms with Gasteiger partial charge in [-0.3, -0.25) is 0 Å². The van der Waals surface area contributed by atoms with Gasteiger partial charge < -0.3 is 0 Å². The molecule has 0 aliphatic rings. The number of rotatable bonds is 3. The first-order valence-electron chi connectivity index (χ1n) is 7.77. The van der Waals surface area contributed by atoms with E-state index in [9.17, 15) is 9.18 Å². The van der Waals surface area contributed by atoms with E-state index in [1.54, 1.807) is 24.3 Å². The van der Waals surface area contributed by atoms with Crippen molar-refractivity contribution in [2.45, 2.75) is 0 Å². The van der Waals surface area contributed by atoms with Crippen LogP contribution < -0.4 is 14.4 Å². The maximum atomic E-state index is 13.3. The Morgan fingerprint density at radius 3 is 2.24 bits per heavy atom. The van der Waals surface area contributed by atoms with Gasteiger partial charge in [0.25, 0.3) is 0 Å². The molecule has 0 aliphatic carbocycles. The van der Waals surface area contributed by atoms with Crippen LogP contribution in [0.3, 0.4) is 0 Å². The quantitative estimate of drug-likeness (QED) is 0.499. The second kappa shape index (κ2) is 6.67. The number of fused-ring (bicyclic) bond motifs is 1. The zero-order valence-electron chi connectivity index (χ0n) is 13.1. The molecule has 122 valence electrons. The van der Waals surface area contributed by atoms with E-state index >= 15 is 0 Å². The first-order valence-corrected chi connectivity index (χ1v) is 9.48. The minimum absolute atomic E-state index is 0.0231. The molecule has 3 aromatic carbocycles. The predicted octanol–water partition coefficient (Wildman–Crippen LogP) is 3.25. The third kappa shape index (κ3) is 3.14. The molecule has 25 heavy (non-hydrogen) atoms. The van der Waals surface area contributed by atoms with Gasteiger partial charge in [0.2, 0.25) is 0 Å². The average Bonchev–Trinajstić information content (AvgIpc) is 2.65. The summed E-state index contributed by atoms with van der Waals surface area (Å²) in [6.07, 6.45) is 0. The van der Waals surface area contributed by atoms with Crippen molar-refractivity contribution in [3.05, 3.63) is 94.9 Å². The molecular formula is C21H13FO2Se. The van der Waals surface area contributed by atoms with E-state index in [0.29, 0.717) is 26.8 Å². The molecule has 0 saturated carbocycles. The normalized spacial score (nSPS) is 10.9. The third-order valence-corrected chi connectivity index (χ3v) is 6.10. The molecule has 0 N–H and O–H groups in total. The van der Waals surface area contributed by atoms with Gasteiger partial charge >= 0.3 is 150 Å². The van der Waals surface area contributed by atoms with Crippen LogP contribution in [0.1, 0.15) is 0 Å². The topological polar surface area (TPSA) is 30.2 Å². The second-order valence-electron chi connectivity index (χ2n) is 5.51. The summed E-state index contributed by atoms with van der Waals surface area (Å²) in [6.45, 7) is 0. The molecule has 0 radical (unpaired) electrons. The minimum atomic E-state index is -0.318. The van der Waals surface area contributed by atoms with Crippen molar-refractivity contribution in [2.75, 3.05) is 0 Å². The van der Waals surface area contributed by atoms with Crippen molar-refractivity contribution >= 4 is 34.8 Å². The van der Waals surface area contributed by atoms with Crippen molar-refractivity contribution in [1.29, 1.82) is 0 Å². The van der Waals surface area contributed by atoms with Gasteiger partial charge in [-0.05, 0) is 0 Å². The van der Waals surface area contributed by atoms with E-state index < -0.39 is 0 Å². The molecule has 0 unspecified atom stereocenters. The van der Waals surface area contributed by atoms with Gasteiger partial charge in [-0.25, -0.2) is 0 Å². The molecule has 4 rings (SSSR count). The fourth-order valence-electron chi connectivity index (χ4n) is 2.62. The van der Waals surface area contributed by atoms with E-state index in [1.807, 2.05) is 42.5 Å². The molecule has 2 nitrogen and oxygen atoms in total. The fourth-order valence-corrected chi connectivity index (χ4v) is 4.68. The molecule has 4 heteroatoms. The van der Waals surface area contributed by atoms with Crippen LogP contribution in [-0.2, 0) is 0 Å². The maximum absolute atomic E-state index is 13.3. The van der Waals surface area contributed by atoms with Gasteiger partial charge in [0.15, 0.2) is 0 Å². The summed E-state index contributed by atoms with van der Waals surface area (Å²) in [7, 11) is 0. The third-order valence-electron chi connectivity index (χ3n) is 3.83. The summed E-state index contributed by atoms with van der Waals surface area (Å²) in [5.74, 6) is 0.203.